The van der Waals surface area contributed by atoms with Gasteiger partial charge in [0.1, 0.15) is 0 Å². The Morgan fingerprint density at radius 3 is 2.29 bits per heavy atom. The number of hydrogen-bond donors (Lipinski definition) is 1. The zero-order valence-electron chi connectivity index (χ0n) is 12.6. The number of carboxylic acids is 1. The van der Waals surface area contributed by atoms with Gasteiger partial charge in [-0.1, -0.05) is 12.8 Å². The first-order valence-electron chi connectivity index (χ1n) is 7.58. The minimum Gasteiger partial charge on any atom is -0.481 e. The number of carboxylic acid groups (broad SMARTS) is 1. The van der Waals surface area contributed by atoms with Gasteiger partial charge in [0.25, 0.3) is 10.2 Å². The second kappa shape index (κ2) is 7.04. The maximum absolute atomic E-state index is 12.4. The van der Waals surface area contributed by atoms with Crippen molar-refractivity contribution < 1.29 is 18.3 Å². The molecule has 1 saturated heterocycles. The van der Waals surface area contributed by atoms with Crippen molar-refractivity contribution in [2.24, 2.45) is 0 Å². The molecule has 8 heteroatoms. The molecule has 1 saturated carbocycles. The molecule has 0 aromatic carbocycles. The SMILES string of the molecule is CN(CCC(=O)O)S(=O)(=O)N1CCN(C2CCCC2)CC1. The third-order valence-corrected chi connectivity index (χ3v) is 6.46. The van der Waals surface area contributed by atoms with Gasteiger partial charge in [-0.25, -0.2) is 0 Å². The van der Waals surface area contributed by atoms with Gasteiger partial charge >= 0.3 is 5.97 Å². The maximum Gasteiger partial charge on any atom is 0.304 e. The third-order valence-electron chi connectivity index (χ3n) is 4.48. The van der Waals surface area contributed by atoms with Crippen LogP contribution in [0.1, 0.15) is 32.1 Å². The van der Waals surface area contributed by atoms with E-state index < -0.39 is 16.2 Å². The summed E-state index contributed by atoms with van der Waals surface area (Å²) in [5.41, 5.74) is 0. The fourth-order valence-corrected chi connectivity index (χ4v) is 4.48. The Hall–Kier alpha value is -0.700. The predicted molar refractivity (Wildman–Crippen MR) is 79.2 cm³/mol. The van der Waals surface area contributed by atoms with Crippen LogP contribution in [0, 0.1) is 0 Å². The van der Waals surface area contributed by atoms with Crippen LogP contribution in [0.5, 0.6) is 0 Å². The highest BCUT2D eigenvalue weighted by Gasteiger charge is 2.33. The van der Waals surface area contributed by atoms with Gasteiger partial charge in [-0.3, -0.25) is 9.69 Å². The summed E-state index contributed by atoms with van der Waals surface area (Å²) in [6, 6.07) is 0.625. The molecule has 0 amide bonds. The number of carbonyl (C=O) groups is 1. The first kappa shape index (κ1) is 16.7. The van der Waals surface area contributed by atoms with Gasteiger partial charge in [0.15, 0.2) is 0 Å². The molecule has 2 rings (SSSR count). The molecule has 0 spiro atoms. The lowest BCUT2D eigenvalue weighted by Gasteiger charge is -2.38. The van der Waals surface area contributed by atoms with Crippen LogP contribution in [0.2, 0.25) is 0 Å². The highest BCUT2D eigenvalue weighted by atomic mass is 32.2. The monoisotopic (exact) mass is 319 g/mol. The van der Waals surface area contributed by atoms with Crippen LogP contribution in [0.15, 0.2) is 0 Å². The molecule has 0 atom stereocenters. The van der Waals surface area contributed by atoms with Crippen molar-refractivity contribution in [3.8, 4) is 0 Å². The molecule has 0 aromatic rings. The molecule has 0 radical (unpaired) electrons. The minimum absolute atomic E-state index is 0.0144. The molecule has 1 N–H and O–H groups in total. The summed E-state index contributed by atoms with van der Waals surface area (Å²) in [5.74, 6) is -0.983. The van der Waals surface area contributed by atoms with Crippen molar-refractivity contribution in [1.82, 2.24) is 13.5 Å². The number of aliphatic carboxylic acids is 1. The summed E-state index contributed by atoms with van der Waals surface area (Å²) in [6.45, 7) is 2.56. The molecule has 1 aliphatic carbocycles. The van der Waals surface area contributed by atoms with E-state index in [-0.39, 0.29) is 13.0 Å². The molecular formula is C13H25N3O4S. The zero-order chi connectivity index (χ0) is 15.5. The van der Waals surface area contributed by atoms with Crippen molar-refractivity contribution in [2.45, 2.75) is 38.1 Å². The van der Waals surface area contributed by atoms with Gasteiger partial charge in [-0.15, -0.1) is 0 Å². The minimum atomic E-state index is -3.53. The van der Waals surface area contributed by atoms with Crippen LogP contribution in [-0.4, -0.2) is 78.8 Å². The van der Waals surface area contributed by atoms with Gasteiger partial charge in [-0.05, 0) is 12.8 Å². The van der Waals surface area contributed by atoms with Crippen LogP contribution < -0.4 is 0 Å². The van der Waals surface area contributed by atoms with E-state index >= 15 is 0 Å². The van der Waals surface area contributed by atoms with Crippen molar-refractivity contribution in [1.29, 1.82) is 0 Å². The average molecular weight is 319 g/mol. The first-order valence-corrected chi connectivity index (χ1v) is 8.98. The highest BCUT2D eigenvalue weighted by Crippen LogP contribution is 2.25. The standard InChI is InChI=1S/C13H25N3O4S/c1-14(7-6-13(17)18)21(19,20)16-10-8-15(9-11-16)12-4-2-3-5-12/h12H,2-11H2,1H3,(H,17,18). The van der Waals surface area contributed by atoms with E-state index in [1.165, 1.54) is 37.0 Å². The third kappa shape index (κ3) is 4.15. The molecule has 7 nitrogen and oxygen atoms in total. The molecule has 0 aromatic heterocycles. The Balaban J connectivity index is 1.86. The van der Waals surface area contributed by atoms with Crippen LogP contribution in [0.25, 0.3) is 0 Å². The number of piperazine rings is 1. The van der Waals surface area contributed by atoms with Crippen molar-refractivity contribution in [3.05, 3.63) is 0 Å². The topological polar surface area (TPSA) is 81.2 Å². The van der Waals surface area contributed by atoms with Crippen molar-refractivity contribution in [3.63, 3.8) is 0 Å². The van der Waals surface area contributed by atoms with Gasteiger partial charge in [0.05, 0.1) is 6.42 Å². The van der Waals surface area contributed by atoms with E-state index in [9.17, 15) is 13.2 Å². The molecule has 122 valence electrons. The number of nitrogens with zero attached hydrogens (tertiary/aromatic N) is 3. The smallest absolute Gasteiger partial charge is 0.304 e. The molecule has 0 unspecified atom stereocenters. The molecule has 1 heterocycles. The van der Waals surface area contributed by atoms with Gasteiger partial charge in [-0.2, -0.15) is 17.0 Å². The lowest BCUT2D eigenvalue weighted by atomic mass is 10.2. The summed E-state index contributed by atoms with van der Waals surface area (Å²) in [4.78, 5) is 13.0. The Morgan fingerprint density at radius 2 is 1.76 bits per heavy atom. The number of rotatable bonds is 6. The molecule has 2 fully saturated rings. The first-order chi connectivity index (χ1) is 9.91. The van der Waals surface area contributed by atoms with Crippen molar-refractivity contribution in [2.75, 3.05) is 39.8 Å². The Bertz CT molecular complexity index is 454. The van der Waals surface area contributed by atoms with E-state index in [1.807, 2.05) is 0 Å². The van der Waals surface area contributed by atoms with Crippen molar-refractivity contribution >= 4 is 16.2 Å². The summed E-state index contributed by atoms with van der Waals surface area (Å²) in [6.07, 6.45) is 4.84. The molecular weight excluding hydrogens is 294 g/mol. The summed E-state index contributed by atoms with van der Waals surface area (Å²) in [5, 5.41) is 8.65. The van der Waals surface area contributed by atoms with E-state index in [0.717, 1.165) is 17.4 Å². The van der Waals surface area contributed by atoms with E-state index in [1.54, 1.807) is 0 Å². The fourth-order valence-electron chi connectivity index (χ4n) is 3.13. The molecule has 1 aliphatic heterocycles. The van der Waals surface area contributed by atoms with Crippen LogP contribution >= 0.6 is 0 Å². The van der Waals surface area contributed by atoms with Gasteiger partial charge < -0.3 is 5.11 Å². The quantitative estimate of drug-likeness (QED) is 0.756. The lowest BCUT2D eigenvalue weighted by molar-refractivity contribution is -0.137. The fraction of sp³-hybridized carbons (Fsp3) is 0.923. The second-order valence-electron chi connectivity index (χ2n) is 5.85. The number of hydrogen-bond acceptors (Lipinski definition) is 4. The average Bonchev–Trinajstić information content (AvgIpc) is 2.99. The second-order valence-corrected chi connectivity index (χ2v) is 7.88. The largest absolute Gasteiger partial charge is 0.481 e. The maximum atomic E-state index is 12.4. The summed E-state index contributed by atoms with van der Waals surface area (Å²) < 4.78 is 27.4. The van der Waals surface area contributed by atoms with E-state index in [2.05, 4.69) is 4.90 Å². The molecule has 2 aliphatic rings. The lowest BCUT2D eigenvalue weighted by Crippen LogP contribution is -2.54. The molecule has 0 bridgehead atoms. The van der Waals surface area contributed by atoms with Crippen LogP contribution in [0.4, 0.5) is 0 Å². The zero-order valence-corrected chi connectivity index (χ0v) is 13.4. The van der Waals surface area contributed by atoms with Crippen LogP contribution in [0.3, 0.4) is 0 Å². The summed E-state index contributed by atoms with van der Waals surface area (Å²) >= 11 is 0. The van der Waals surface area contributed by atoms with Gasteiger partial charge in [0, 0.05) is 45.8 Å². The highest BCUT2D eigenvalue weighted by molar-refractivity contribution is 7.86. The van der Waals surface area contributed by atoms with E-state index in [4.69, 9.17) is 5.11 Å². The Morgan fingerprint density at radius 1 is 1.19 bits per heavy atom. The Labute approximate surface area is 126 Å². The summed E-state index contributed by atoms with van der Waals surface area (Å²) in [7, 11) is -2.08. The van der Waals surface area contributed by atoms with E-state index in [0.29, 0.717) is 19.1 Å². The predicted octanol–water partition coefficient (Wildman–Crippen LogP) is 0.198. The van der Waals surface area contributed by atoms with Gasteiger partial charge in [0.2, 0.25) is 0 Å². The Kier molecular flexibility index (Phi) is 5.59. The molecule has 21 heavy (non-hydrogen) atoms. The normalized spacial score (nSPS) is 23.0. The van der Waals surface area contributed by atoms with Crippen LogP contribution in [-0.2, 0) is 15.0 Å².